The number of rotatable bonds is 7. The van der Waals surface area contributed by atoms with E-state index in [1.807, 2.05) is 18.2 Å². The summed E-state index contributed by atoms with van der Waals surface area (Å²) in [6, 6.07) is 8.25. The molecule has 1 saturated carbocycles. The lowest BCUT2D eigenvalue weighted by atomic mass is 9.99. The number of aliphatic hydroxyl groups excluding tert-OH is 1. The molecule has 3 atom stereocenters. The Morgan fingerprint density at radius 1 is 1.32 bits per heavy atom. The second-order valence-corrected chi connectivity index (χ2v) is 7.14. The van der Waals surface area contributed by atoms with Gasteiger partial charge in [-0.1, -0.05) is 29.4 Å². The fourth-order valence-corrected chi connectivity index (χ4v) is 3.39. The van der Waals surface area contributed by atoms with Crippen LogP contribution in [0.2, 0.25) is 0 Å². The van der Waals surface area contributed by atoms with Crippen LogP contribution >= 0.6 is 0 Å². The molecule has 2 aliphatic rings. The van der Waals surface area contributed by atoms with Crippen molar-refractivity contribution in [3.8, 4) is 0 Å². The Balaban J connectivity index is 1.37. The van der Waals surface area contributed by atoms with Crippen LogP contribution < -0.4 is 5.32 Å². The first-order valence-corrected chi connectivity index (χ1v) is 9.12. The van der Waals surface area contributed by atoms with Crippen LogP contribution in [0, 0.1) is 5.92 Å². The van der Waals surface area contributed by atoms with Gasteiger partial charge in [0.1, 0.15) is 6.10 Å². The number of benzene rings is 1. The third-order valence-electron chi connectivity index (χ3n) is 5.18. The predicted molar refractivity (Wildman–Crippen MR) is 91.9 cm³/mol. The van der Waals surface area contributed by atoms with E-state index in [1.165, 1.54) is 18.4 Å². The number of hydrogen-bond donors (Lipinski definition) is 2. The highest BCUT2D eigenvalue weighted by molar-refractivity contribution is 5.25. The summed E-state index contributed by atoms with van der Waals surface area (Å²) in [5.74, 6) is 2.29. The van der Waals surface area contributed by atoms with Gasteiger partial charge in [-0.25, -0.2) is 0 Å². The average Bonchev–Trinajstić information content (AvgIpc) is 3.19. The first-order valence-electron chi connectivity index (χ1n) is 9.12. The molecule has 1 saturated heterocycles. The van der Waals surface area contributed by atoms with Gasteiger partial charge in [-0.2, -0.15) is 4.98 Å². The highest BCUT2D eigenvalue weighted by Crippen LogP contribution is 2.40. The molecule has 4 rings (SSSR count). The summed E-state index contributed by atoms with van der Waals surface area (Å²) in [4.78, 5) is 4.55. The molecule has 0 bridgehead atoms. The minimum absolute atomic E-state index is 0.0690. The molecule has 1 unspecified atom stereocenters. The maximum Gasteiger partial charge on any atom is 0.256 e. The van der Waals surface area contributed by atoms with Crippen molar-refractivity contribution in [3.05, 3.63) is 47.1 Å². The van der Waals surface area contributed by atoms with Gasteiger partial charge < -0.3 is 19.7 Å². The fourth-order valence-electron chi connectivity index (χ4n) is 3.39. The lowest BCUT2D eigenvalue weighted by Crippen LogP contribution is -2.27. The summed E-state index contributed by atoms with van der Waals surface area (Å²) >= 11 is 0. The minimum atomic E-state index is -0.108. The standard InChI is InChI=1S/C19H25N3O3/c1-12(15-4-2-3-13(9-15)11-23)20-10-16-7-8-24-17(16)19-21-18(22-25-19)14-5-6-14/h2-4,9,12,14,16-17,20,23H,5-8,10-11H2,1H3/t12?,16-,17-/m0/s1. The SMILES string of the molecule is CC(NC[C@@H]1CCO[C@@H]1c1nc(C2CC2)no1)c1cccc(CO)c1. The van der Waals surface area contributed by atoms with Crippen molar-refractivity contribution in [1.29, 1.82) is 0 Å². The largest absolute Gasteiger partial charge is 0.392 e. The molecule has 0 spiro atoms. The molecule has 2 N–H and O–H groups in total. The van der Waals surface area contributed by atoms with Gasteiger partial charge in [0.15, 0.2) is 5.82 Å². The van der Waals surface area contributed by atoms with Crippen LogP contribution in [0.3, 0.4) is 0 Å². The van der Waals surface area contributed by atoms with Crippen molar-refractivity contribution in [2.24, 2.45) is 5.92 Å². The molecule has 1 aliphatic heterocycles. The molecule has 1 aliphatic carbocycles. The summed E-state index contributed by atoms with van der Waals surface area (Å²) in [5, 5.41) is 17.0. The summed E-state index contributed by atoms with van der Waals surface area (Å²) in [7, 11) is 0. The molecule has 1 aromatic carbocycles. The quantitative estimate of drug-likeness (QED) is 0.805. The second-order valence-electron chi connectivity index (χ2n) is 7.14. The van der Waals surface area contributed by atoms with Gasteiger partial charge in [0.2, 0.25) is 0 Å². The molecular weight excluding hydrogens is 318 g/mol. The highest BCUT2D eigenvalue weighted by atomic mass is 16.5. The maximum absolute atomic E-state index is 9.29. The lowest BCUT2D eigenvalue weighted by molar-refractivity contribution is 0.0619. The van der Waals surface area contributed by atoms with Crippen LogP contribution in [0.25, 0.3) is 0 Å². The highest BCUT2D eigenvalue weighted by Gasteiger charge is 2.36. The lowest BCUT2D eigenvalue weighted by Gasteiger charge is -2.20. The molecule has 25 heavy (non-hydrogen) atoms. The van der Waals surface area contributed by atoms with E-state index >= 15 is 0 Å². The monoisotopic (exact) mass is 343 g/mol. The zero-order valence-corrected chi connectivity index (χ0v) is 14.5. The molecule has 6 nitrogen and oxygen atoms in total. The van der Waals surface area contributed by atoms with Gasteiger partial charge in [-0.05, 0) is 37.3 Å². The van der Waals surface area contributed by atoms with Crippen molar-refractivity contribution in [1.82, 2.24) is 15.5 Å². The maximum atomic E-state index is 9.29. The van der Waals surface area contributed by atoms with E-state index in [4.69, 9.17) is 9.26 Å². The van der Waals surface area contributed by atoms with Crippen molar-refractivity contribution >= 4 is 0 Å². The van der Waals surface area contributed by atoms with Gasteiger partial charge in [0.05, 0.1) is 6.61 Å². The van der Waals surface area contributed by atoms with Crippen molar-refractivity contribution in [2.75, 3.05) is 13.2 Å². The molecule has 2 heterocycles. The Morgan fingerprint density at radius 3 is 3.00 bits per heavy atom. The smallest absolute Gasteiger partial charge is 0.256 e. The van der Waals surface area contributed by atoms with Crippen LogP contribution in [0.4, 0.5) is 0 Å². The van der Waals surface area contributed by atoms with Crippen LogP contribution in [-0.2, 0) is 11.3 Å². The van der Waals surface area contributed by atoms with Crippen LogP contribution in [0.15, 0.2) is 28.8 Å². The molecule has 2 fully saturated rings. The van der Waals surface area contributed by atoms with Crippen molar-refractivity contribution in [2.45, 2.75) is 50.9 Å². The summed E-state index contributed by atoms with van der Waals surface area (Å²) in [6.45, 7) is 3.77. The Kier molecular flexibility index (Phi) is 4.83. The van der Waals surface area contributed by atoms with Gasteiger partial charge in [-0.3, -0.25) is 0 Å². The van der Waals surface area contributed by atoms with Crippen molar-refractivity contribution < 1.29 is 14.4 Å². The van der Waals surface area contributed by atoms with Crippen LogP contribution in [0.5, 0.6) is 0 Å². The van der Waals surface area contributed by atoms with E-state index in [0.29, 0.717) is 17.7 Å². The third kappa shape index (κ3) is 3.76. The zero-order chi connectivity index (χ0) is 17.2. The molecule has 0 amide bonds. The number of nitrogens with one attached hydrogen (secondary N) is 1. The Bertz CT molecular complexity index is 713. The molecule has 6 heteroatoms. The first kappa shape index (κ1) is 16.7. The third-order valence-corrected chi connectivity index (χ3v) is 5.18. The fraction of sp³-hybridized carbons (Fsp3) is 0.579. The Hall–Kier alpha value is -1.76. The van der Waals surface area contributed by atoms with E-state index in [-0.39, 0.29) is 18.8 Å². The average molecular weight is 343 g/mol. The molecular formula is C19H25N3O3. The number of nitrogens with zero attached hydrogens (tertiary/aromatic N) is 2. The van der Waals surface area contributed by atoms with Crippen LogP contribution in [0.1, 0.15) is 67.1 Å². The number of aromatic nitrogens is 2. The minimum Gasteiger partial charge on any atom is -0.392 e. The topological polar surface area (TPSA) is 80.4 Å². The van der Waals surface area contributed by atoms with E-state index in [9.17, 15) is 5.11 Å². The normalized spacial score (nSPS) is 24.6. The molecule has 0 radical (unpaired) electrons. The van der Waals surface area contributed by atoms with Gasteiger partial charge in [-0.15, -0.1) is 0 Å². The Labute approximate surface area is 147 Å². The van der Waals surface area contributed by atoms with E-state index < -0.39 is 0 Å². The molecule has 2 aromatic rings. The molecule has 134 valence electrons. The molecule has 1 aromatic heterocycles. The van der Waals surface area contributed by atoms with Crippen LogP contribution in [-0.4, -0.2) is 28.4 Å². The van der Waals surface area contributed by atoms with E-state index in [2.05, 4.69) is 28.4 Å². The summed E-state index contributed by atoms with van der Waals surface area (Å²) in [6.07, 6.45) is 3.21. The van der Waals surface area contributed by atoms with Gasteiger partial charge in [0, 0.05) is 31.0 Å². The second kappa shape index (κ2) is 7.23. The predicted octanol–water partition coefficient (Wildman–Crippen LogP) is 2.87. The zero-order valence-electron chi connectivity index (χ0n) is 14.5. The first-order chi connectivity index (χ1) is 12.2. The number of aliphatic hydroxyl groups is 1. The summed E-state index contributed by atoms with van der Waals surface area (Å²) < 4.78 is 11.3. The van der Waals surface area contributed by atoms with E-state index in [0.717, 1.165) is 31.0 Å². The Morgan fingerprint density at radius 2 is 2.20 bits per heavy atom. The van der Waals surface area contributed by atoms with Gasteiger partial charge in [0.25, 0.3) is 5.89 Å². The van der Waals surface area contributed by atoms with Crippen molar-refractivity contribution in [3.63, 3.8) is 0 Å². The number of hydrogen-bond acceptors (Lipinski definition) is 6. The van der Waals surface area contributed by atoms with E-state index in [1.54, 1.807) is 0 Å². The van der Waals surface area contributed by atoms with Gasteiger partial charge >= 0.3 is 0 Å². The summed E-state index contributed by atoms with van der Waals surface area (Å²) in [5.41, 5.74) is 2.11. The number of ether oxygens (including phenoxy) is 1.